The smallest absolute Gasteiger partial charge is 0.267 e. The summed E-state index contributed by atoms with van der Waals surface area (Å²) in [6.07, 6.45) is 2.95. The van der Waals surface area contributed by atoms with Crippen LogP contribution in [-0.2, 0) is 17.6 Å². The molecule has 0 saturated carbocycles. The van der Waals surface area contributed by atoms with E-state index in [0.29, 0.717) is 21.1 Å². The minimum Gasteiger partial charge on any atom is -0.293 e. The van der Waals surface area contributed by atoms with E-state index in [1.165, 1.54) is 28.2 Å². The Bertz CT molecular complexity index is 1700. The van der Waals surface area contributed by atoms with Gasteiger partial charge in [0, 0.05) is 15.5 Å². The standard InChI is InChI=1S/C27H22ClN5O2S3/c1-15-7-12-19-20(13-15)37-24-22(19)25(35)33(18-5-3-2-4-6-18)27(31-24)36-14-21(34)29-26-30-23(38-32-26)16-8-10-17(28)11-9-16/h2-6,8-11,15H,7,12-14H2,1H3,(H,29,32,34)/t15-/m0/s1. The molecule has 5 aromatic rings. The van der Waals surface area contributed by atoms with Crippen molar-refractivity contribution in [2.45, 2.75) is 31.3 Å². The highest BCUT2D eigenvalue weighted by Gasteiger charge is 2.25. The van der Waals surface area contributed by atoms with Crippen molar-refractivity contribution < 1.29 is 4.79 Å². The van der Waals surface area contributed by atoms with Gasteiger partial charge in [-0.15, -0.1) is 11.3 Å². The summed E-state index contributed by atoms with van der Waals surface area (Å²) in [7, 11) is 0. The van der Waals surface area contributed by atoms with Gasteiger partial charge in [0.05, 0.1) is 16.8 Å². The van der Waals surface area contributed by atoms with Gasteiger partial charge in [0.25, 0.3) is 5.56 Å². The first-order valence-electron chi connectivity index (χ1n) is 12.1. The van der Waals surface area contributed by atoms with Crippen molar-refractivity contribution >= 4 is 68.3 Å². The van der Waals surface area contributed by atoms with Crippen LogP contribution in [0, 0.1) is 5.92 Å². The van der Waals surface area contributed by atoms with Crippen molar-refractivity contribution in [1.29, 1.82) is 0 Å². The summed E-state index contributed by atoms with van der Waals surface area (Å²) >= 11 is 10.0. The summed E-state index contributed by atoms with van der Waals surface area (Å²) in [5.74, 6) is 0.629. The number of benzene rings is 2. The molecule has 0 unspecified atom stereocenters. The molecule has 0 radical (unpaired) electrons. The second-order valence-corrected chi connectivity index (χ2v) is 12.4. The molecule has 7 nitrogen and oxygen atoms in total. The molecule has 1 aliphatic rings. The molecule has 2 aromatic carbocycles. The highest BCUT2D eigenvalue weighted by Crippen LogP contribution is 2.37. The topological polar surface area (TPSA) is 89.8 Å². The van der Waals surface area contributed by atoms with Gasteiger partial charge in [0.1, 0.15) is 9.84 Å². The Morgan fingerprint density at radius 1 is 1.16 bits per heavy atom. The number of thioether (sulfide) groups is 1. The number of rotatable bonds is 6. The fourth-order valence-electron chi connectivity index (χ4n) is 4.55. The maximum Gasteiger partial charge on any atom is 0.267 e. The van der Waals surface area contributed by atoms with Gasteiger partial charge in [-0.25, -0.2) is 4.98 Å². The van der Waals surface area contributed by atoms with Gasteiger partial charge in [-0.3, -0.25) is 19.5 Å². The third-order valence-corrected chi connectivity index (χ3v) is 9.52. The zero-order valence-corrected chi connectivity index (χ0v) is 23.5. The minimum absolute atomic E-state index is 0.0579. The van der Waals surface area contributed by atoms with Crippen LogP contribution in [0.3, 0.4) is 0 Å². The lowest BCUT2D eigenvalue weighted by atomic mass is 9.89. The fraction of sp³-hybridized carbons (Fsp3) is 0.222. The molecule has 38 heavy (non-hydrogen) atoms. The van der Waals surface area contributed by atoms with Crippen LogP contribution >= 0.6 is 46.2 Å². The SMILES string of the molecule is C[C@H]1CCc2c(sc3nc(SCC(=O)Nc4nsc(-c5ccc(Cl)cc5)n4)n(-c4ccccc4)c(=O)c23)C1. The third-order valence-electron chi connectivity index (χ3n) is 6.41. The lowest BCUT2D eigenvalue weighted by Crippen LogP contribution is -2.23. The molecule has 0 bridgehead atoms. The number of carbonyl (C=O) groups is 1. The third kappa shape index (κ3) is 5.01. The largest absolute Gasteiger partial charge is 0.293 e. The minimum atomic E-state index is -0.274. The predicted octanol–water partition coefficient (Wildman–Crippen LogP) is 6.47. The van der Waals surface area contributed by atoms with E-state index in [2.05, 4.69) is 21.6 Å². The molecule has 0 aliphatic heterocycles. The number of aromatic nitrogens is 4. The molecule has 6 rings (SSSR count). The zero-order chi connectivity index (χ0) is 26.2. The number of amides is 1. The first kappa shape index (κ1) is 25.2. The normalized spacial score (nSPS) is 14.9. The van der Waals surface area contributed by atoms with Crippen LogP contribution in [0.4, 0.5) is 5.95 Å². The molecule has 0 fully saturated rings. The number of hydrogen-bond donors (Lipinski definition) is 1. The van der Waals surface area contributed by atoms with E-state index in [9.17, 15) is 9.59 Å². The van der Waals surface area contributed by atoms with Crippen molar-refractivity contribution in [2.24, 2.45) is 5.92 Å². The average molecular weight is 580 g/mol. The number of para-hydroxylation sites is 1. The van der Waals surface area contributed by atoms with Gasteiger partial charge in [0.15, 0.2) is 5.16 Å². The first-order valence-corrected chi connectivity index (χ1v) is 15.1. The number of aryl methyl sites for hydroxylation is 1. The van der Waals surface area contributed by atoms with Crippen LogP contribution in [0.1, 0.15) is 23.8 Å². The van der Waals surface area contributed by atoms with Crippen LogP contribution in [-0.4, -0.2) is 30.6 Å². The van der Waals surface area contributed by atoms with Crippen LogP contribution in [0.5, 0.6) is 0 Å². The molecule has 1 atom stereocenters. The van der Waals surface area contributed by atoms with Gasteiger partial charge in [-0.2, -0.15) is 9.36 Å². The van der Waals surface area contributed by atoms with Gasteiger partial charge in [-0.05, 0) is 66.5 Å². The number of nitrogens with one attached hydrogen (secondary N) is 1. The van der Waals surface area contributed by atoms with E-state index in [1.54, 1.807) is 28.0 Å². The number of hydrogen-bond acceptors (Lipinski definition) is 8. The van der Waals surface area contributed by atoms with E-state index >= 15 is 0 Å². The predicted molar refractivity (Wildman–Crippen MR) is 156 cm³/mol. The van der Waals surface area contributed by atoms with Crippen molar-refractivity contribution in [3.05, 3.63) is 80.4 Å². The molecule has 0 saturated heterocycles. The van der Waals surface area contributed by atoms with Gasteiger partial charge in [-0.1, -0.05) is 60.6 Å². The molecule has 1 amide bonds. The zero-order valence-electron chi connectivity index (χ0n) is 20.3. The van der Waals surface area contributed by atoms with E-state index in [0.717, 1.165) is 46.3 Å². The van der Waals surface area contributed by atoms with Gasteiger partial charge >= 0.3 is 0 Å². The number of carbonyl (C=O) groups excluding carboxylic acids is 1. The molecular weight excluding hydrogens is 558 g/mol. The van der Waals surface area contributed by atoms with Gasteiger partial charge < -0.3 is 0 Å². The van der Waals surface area contributed by atoms with Crippen molar-refractivity contribution in [3.8, 4) is 16.3 Å². The molecule has 3 heterocycles. The Hall–Kier alpha value is -3.05. The van der Waals surface area contributed by atoms with Crippen molar-refractivity contribution in [2.75, 3.05) is 11.1 Å². The second kappa shape index (κ2) is 10.6. The van der Waals surface area contributed by atoms with E-state index in [1.807, 2.05) is 42.5 Å². The molecule has 1 N–H and O–H groups in total. The summed E-state index contributed by atoms with van der Waals surface area (Å²) in [4.78, 5) is 38.0. The highest BCUT2D eigenvalue weighted by atomic mass is 35.5. The van der Waals surface area contributed by atoms with Crippen molar-refractivity contribution in [1.82, 2.24) is 18.9 Å². The van der Waals surface area contributed by atoms with Gasteiger partial charge in [0.2, 0.25) is 11.9 Å². The van der Waals surface area contributed by atoms with Crippen molar-refractivity contribution in [3.63, 3.8) is 0 Å². The van der Waals surface area contributed by atoms with E-state index in [-0.39, 0.29) is 23.2 Å². The summed E-state index contributed by atoms with van der Waals surface area (Å²) in [6, 6.07) is 16.8. The number of halogens is 1. The number of fused-ring (bicyclic) bond motifs is 3. The monoisotopic (exact) mass is 579 g/mol. The molecule has 192 valence electrons. The summed E-state index contributed by atoms with van der Waals surface area (Å²) < 4.78 is 5.89. The molecule has 11 heteroatoms. The quantitative estimate of drug-likeness (QED) is 0.183. The lowest BCUT2D eigenvalue weighted by molar-refractivity contribution is -0.113. The Morgan fingerprint density at radius 2 is 1.95 bits per heavy atom. The van der Waals surface area contributed by atoms with Crippen LogP contribution in [0.25, 0.3) is 26.5 Å². The summed E-state index contributed by atoms with van der Waals surface area (Å²) in [5, 5.41) is 5.29. The van der Waals surface area contributed by atoms with E-state index < -0.39 is 0 Å². The Labute approximate surface area is 236 Å². The molecular formula is C27H22ClN5O2S3. The maximum atomic E-state index is 13.8. The summed E-state index contributed by atoms with van der Waals surface area (Å²) in [6.45, 7) is 2.25. The Balaban J connectivity index is 1.27. The average Bonchev–Trinajstić information content (AvgIpc) is 3.52. The van der Waals surface area contributed by atoms with Crippen LogP contribution in [0.15, 0.2) is 64.5 Å². The van der Waals surface area contributed by atoms with Crippen LogP contribution in [0.2, 0.25) is 5.02 Å². The maximum absolute atomic E-state index is 13.8. The molecule has 0 spiro atoms. The number of nitrogens with zero attached hydrogens (tertiary/aromatic N) is 4. The van der Waals surface area contributed by atoms with E-state index in [4.69, 9.17) is 16.6 Å². The number of thiophene rings is 1. The molecule has 1 aliphatic carbocycles. The number of anilines is 1. The highest BCUT2D eigenvalue weighted by molar-refractivity contribution is 7.99. The Kier molecular flexibility index (Phi) is 7.05. The molecule has 3 aromatic heterocycles. The first-order chi connectivity index (χ1) is 18.5. The van der Waals surface area contributed by atoms with Crippen LogP contribution < -0.4 is 10.9 Å². The fourth-order valence-corrected chi connectivity index (χ4v) is 7.54. The Morgan fingerprint density at radius 3 is 2.74 bits per heavy atom. The lowest BCUT2D eigenvalue weighted by Gasteiger charge is -2.17. The summed E-state index contributed by atoms with van der Waals surface area (Å²) in [5.41, 5.74) is 2.67. The second-order valence-electron chi connectivity index (χ2n) is 9.17.